The van der Waals surface area contributed by atoms with Crippen molar-refractivity contribution >= 4 is 27.5 Å². The van der Waals surface area contributed by atoms with Crippen LogP contribution in [0.3, 0.4) is 0 Å². The maximum atomic E-state index is 12.5. The van der Waals surface area contributed by atoms with Crippen molar-refractivity contribution < 1.29 is 13.5 Å². The summed E-state index contributed by atoms with van der Waals surface area (Å²) in [4.78, 5) is 3.87. The van der Waals surface area contributed by atoms with Crippen molar-refractivity contribution in [2.24, 2.45) is 0 Å². The minimum absolute atomic E-state index is 0.0375. The molecule has 0 fully saturated rings. The average Bonchev–Trinajstić information content (AvgIpc) is 2.16. The number of methoxy groups -OCH3 is 1. The van der Waals surface area contributed by atoms with E-state index in [9.17, 15) is 8.78 Å². The van der Waals surface area contributed by atoms with E-state index in [2.05, 4.69) is 20.9 Å². The molecule has 0 radical (unpaired) electrons. The van der Waals surface area contributed by atoms with Crippen molar-refractivity contribution in [3.8, 4) is 5.75 Å². The maximum Gasteiger partial charge on any atom is 0.267 e. The molecular weight excluding hydrogens is 279 g/mol. The van der Waals surface area contributed by atoms with Gasteiger partial charge in [-0.15, -0.1) is 0 Å². The lowest BCUT2D eigenvalue weighted by Gasteiger charge is -2.11. The first-order valence-corrected chi connectivity index (χ1v) is 5.17. The van der Waals surface area contributed by atoms with Gasteiger partial charge in [0.25, 0.3) is 6.43 Å². The van der Waals surface area contributed by atoms with Crippen molar-refractivity contribution in [2.75, 3.05) is 7.11 Å². The Morgan fingerprint density at radius 1 is 1.64 bits per heavy atom. The Bertz CT molecular complexity index is 335. The minimum atomic E-state index is -2.62. The Hall–Kier alpha value is -0.420. The molecule has 0 unspecified atom stereocenters. The number of nitrogens with zero attached hydrogens (tertiary/aromatic N) is 1. The fourth-order valence-corrected chi connectivity index (χ4v) is 1.66. The van der Waals surface area contributed by atoms with Crippen LogP contribution < -0.4 is 4.74 Å². The molecule has 2 nitrogen and oxygen atoms in total. The van der Waals surface area contributed by atoms with Crippen molar-refractivity contribution in [2.45, 2.75) is 11.8 Å². The molecule has 0 aromatic carbocycles. The summed E-state index contributed by atoms with van der Waals surface area (Å²) in [5, 5.41) is 0.353. The Kier molecular flexibility index (Phi) is 4.07. The van der Waals surface area contributed by atoms with Crippen molar-refractivity contribution in [3.63, 3.8) is 0 Å². The molecule has 0 amide bonds. The third kappa shape index (κ3) is 2.33. The molecule has 0 saturated heterocycles. The van der Waals surface area contributed by atoms with Crippen LogP contribution in [0.5, 0.6) is 5.75 Å². The molecule has 1 rings (SSSR count). The van der Waals surface area contributed by atoms with E-state index >= 15 is 0 Å². The van der Waals surface area contributed by atoms with Crippen LogP contribution in [0.25, 0.3) is 0 Å². The average molecular weight is 287 g/mol. The Morgan fingerprint density at radius 3 is 2.71 bits per heavy atom. The van der Waals surface area contributed by atoms with Gasteiger partial charge in [-0.05, 0) is 6.07 Å². The number of pyridine rings is 1. The van der Waals surface area contributed by atoms with Gasteiger partial charge in [-0.1, -0.05) is 27.5 Å². The summed E-state index contributed by atoms with van der Waals surface area (Å²) >= 11 is 8.70. The molecular formula is C8H7BrClF2NO. The zero-order valence-electron chi connectivity index (χ0n) is 7.23. The van der Waals surface area contributed by atoms with E-state index in [1.807, 2.05) is 0 Å². The molecule has 1 aromatic rings. The largest absolute Gasteiger partial charge is 0.494 e. The molecule has 0 N–H and O–H groups in total. The van der Waals surface area contributed by atoms with Gasteiger partial charge >= 0.3 is 0 Å². The highest BCUT2D eigenvalue weighted by molar-refractivity contribution is 9.08. The lowest BCUT2D eigenvalue weighted by Crippen LogP contribution is -1.99. The molecule has 0 spiro atoms. The van der Waals surface area contributed by atoms with Crippen LogP contribution >= 0.6 is 27.5 Å². The monoisotopic (exact) mass is 285 g/mol. The van der Waals surface area contributed by atoms with E-state index in [-0.39, 0.29) is 16.5 Å². The first kappa shape index (κ1) is 11.7. The van der Waals surface area contributed by atoms with Gasteiger partial charge in [0, 0.05) is 5.33 Å². The van der Waals surface area contributed by atoms with E-state index in [0.717, 1.165) is 6.07 Å². The van der Waals surface area contributed by atoms with Gasteiger partial charge in [-0.25, -0.2) is 13.8 Å². The van der Waals surface area contributed by atoms with Crippen LogP contribution in [0.4, 0.5) is 8.78 Å². The van der Waals surface area contributed by atoms with Crippen molar-refractivity contribution in [1.29, 1.82) is 0 Å². The minimum Gasteiger partial charge on any atom is -0.494 e. The van der Waals surface area contributed by atoms with Gasteiger partial charge in [-0.2, -0.15) is 0 Å². The van der Waals surface area contributed by atoms with E-state index in [1.165, 1.54) is 7.11 Å². The normalized spacial score (nSPS) is 10.7. The van der Waals surface area contributed by atoms with E-state index in [1.54, 1.807) is 0 Å². The van der Waals surface area contributed by atoms with Gasteiger partial charge in [-0.3, -0.25) is 0 Å². The van der Waals surface area contributed by atoms with E-state index < -0.39 is 6.43 Å². The van der Waals surface area contributed by atoms with Crippen molar-refractivity contribution in [3.05, 3.63) is 22.5 Å². The summed E-state index contributed by atoms with van der Waals surface area (Å²) in [6, 6.07) is 1.11. The Morgan fingerprint density at radius 2 is 2.29 bits per heavy atom. The van der Waals surface area contributed by atoms with Crippen LogP contribution in [0, 0.1) is 0 Å². The van der Waals surface area contributed by atoms with Crippen LogP contribution in [0.15, 0.2) is 6.07 Å². The molecule has 1 heterocycles. The predicted molar refractivity (Wildman–Crippen MR) is 53.4 cm³/mol. The fourth-order valence-electron chi connectivity index (χ4n) is 1.06. The lowest BCUT2D eigenvalue weighted by molar-refractivity contribution is 0.146. The number of halogens is 4. The van der Waals surface area contributed by atoms with Gasteiger partial charge in [0.15, 0.2) is 0 Å². The van der Waals surface area contributed by atoms with Crippen LogP contribution in [0.2, 0.25) is 5.15 Å². The third-order valence-corrected chi connectivity index (χ3v) is 2.33. The highest BCUT2D eigenvalue weighted by Gasteiger charge is 2.19. The topological polar surface area (TPSA) is 22.1 Å². The Balaban J connectivity index is 3.31. The molecule has 0 aliphatic carbocycles. The quantitative estimate of drug-likeness (QED) is 0.626. The number of ether oxygens (including phenoxy) is 1. The molecule has 14 heavy (non-hydrogen) atoms. The molecule has 78 valence electrons. The molecule has 0 aliphatic rings. The van der Waals surface area contributed by atoms with Crippen molar-refractivity contribution in [1.82, 2.24) is 4.98 Å². The molecule has 0 aliphatic heterocycles. The van der Waals surface area contributed by atoms with Crippen LogP contribution in [0.1, 0.15) is 17.7 Å². The zero-order valence-corrected chi connectivity index (χ0v) is 9.57. The molecule has 6 heteroatoms. The second-order valence-corrected chi connectivity index (χ2v) is 3.40. The summed E-state index contributed by atoms with van der Waals surface area (Å²) in [5.74, 6) is 0.0845. The first-order valence-electron chi connectivity index (χ1n) is 3.67. The fraction of sp³-hybridized carbons (Fsp3) is 0.375. The summed E-state index contributed by atoms with van der Waals surface area (Å²) in [7, 11) is 1.32. The first-order chi connectivity index (χ1) is 6.60. The van der Waals surface area contributed by atoms with E-state index in [0.29, 0.717) is 11.0 Å². The summed E-state index contributed by atoms with van der Waals surface area (Å²) in [6.45, 7) is 0. The summed E-state index contributed by atoms with van der Waals surface area (Å²) < 4.78 is 29.9. The predicted octanol–water partition coefficient (Wildman–Crippen LogP) is 3.58. The van der Waals surface area contributed by atoms with Crippen LogP contribution in [-0.2, 0) is 5.33 Å². The Labute approximate surface area is 93.4 Å². The number of alkyl halides is 3. The summed E-state index contributed by atoms with van der Waals surface area (Å²) in [6.07, 6.45) is -2.62. The maximum absolute atomic E-state index is 12.5. The molecule has 0 saturated carbocycles. The number of hydrogen-bond acceptors (Lipinski definition) is 2. The SMILES string of the molecule is COc1c(C(F)F)cc(Cl)nc1CBr. The van der Waals surface area contributed by atoms with Gasteiger partial charge in [0.2, 0.25) is 0 Å². The van der Waals surface area contributed by atoms with E-state index in [4.69, 9.17) is 16.3 Å². The zero-order chi connectivity index (χ0) is 10.7. The highest BCUT2D eigenvalue weighted by atomic mass is 79.9. The number of hydrogen-bond donors (Lipinski definition) is 0. The highest BCUT2D eigenvalue weighted by Crippen LogP contribution is 2.33. The van der Waals surface area contributed by atoms with Gasteiger partial charge in [0.1, 0.15) is 10.9 Å². The van der Waals surface area contributed by atoms with Gasteiger partial charge < -0.3 is 4.74 Å². The third-order valence-electron chi connectivity index (χ3n) is 1.61. The molecule has 1 aromatic heterocycles. The molecule has 0 atom stereocenters. The lowest BCUT2D eigenvalue weighted by atomic mass is 10.2. The van der Waals surface area contributed by atoms with Gasteiger partial charge in [0.05, 0.1) is 18.4 Å². The number of rotatable bonds is 3. The standard InChI is InChI=1S/C8H7BrClF2NO/c1-14-7-4(8(11)12)2-6(10)13-5(7)3-9/h2,8H,3H2,1H3. The smallest absolute Gasteiger partial charge is 0.267 e. The second kappa shape index (κ2) is 4.89. The summed E-state index contributed by atoms with van der Waals surface area (Å²) in [5.41, 5.74) is 0.136. The van der Waals surface area contributed by atoms with Crippen LogP contribution in [-0.4, -0.2) is 12.1 Å². The number of aromatic nitrogens is 1. The molecule has 0 bridgehead atoms. The second-order valence-electron chi connectivity index (χ2n) is 2.45.